The Morgan fingerprint density at radius 3 is 1.59 bits per heavy atom. The van der Waals surface area contributed by atoms with E-state index in [2.05, 4.69) is 72.3 Å². The lowest BCUT2D eigenvalue weighted by atomic mass is 10.0. The highest BCUT2D eigenvalue weighted by molar-refractivity contribution is 5.93. The Morgan fingerprint density at radius 2 is 1.14 bits per heavy atom. The van der Waals surface area contributed by atoms with Gasteiger partial charge < -0.3 is 31.1 Å². The third-order valence-corrected chi connectivity index (χ3v) is 10.5. The first-order valence-electron chi connectivity index (χ1n) is 19.7. The van der Waals surface area contributed by atoms with Crippen LogP contribution in [-0.2, 0) is 4.79 Å². The van der Waals surface area contributed by atoms with Crippen molar-refractivity contribution in [2.45, 2.75) is 71.9 Å². The summed E-state index contributed by atoms with van der Waals surface area (Å²) in [6.07, 6.45) is 4.26. The van der Waals surface area contributed by atoms with Crippen LogP contribution >= 0.6 is 0 Å². The van der Waals surface area contributed by atoms with Gasteiger partial charge >= 0.3 is 0 Å². The molecule has 0 unspecified atom stereocenters. The molecule has 0 bridgehead atoms. The van der Waals surface area contributed by atoms with Gasteiger partial charge in [0.2, 0.25) is 5.91 Å². The second-order valence-electron chi connectivity index (χ2n) is 15.6. The van der Waals surface area contributed by atoms with Gasteiger partial charge in [0.05, 0.1) is 22.2 Å². The number of hydrogen-bond acceptors (Lipinski definition) is 10. The second-order valence-corrected chi connectivity index (χ2v) is 15.6. The van der Waals surface area contributed by atoms with Crippen molar-refractivity contribution in [2.24, 2.45) is 11.7 Å². The van der Waals surface area contributed by atoms with E-state index in [9.17, 15) is 15.0 Å². The van der Waals surface area contributed by atoms with E-state index >= 15 is 0 Å². The van der Waals surface area contributed by atoms with Gasteiger partial charge in [-0.1, -0.05) is 50.2 Å². The number of nitrogens with zero attached hydrogens (tertiary/aromatic N) is 6. The van der Waals surface area contributed by atoms with Gasteiger partial charge in [0.25, 0.3) is 0 Å². The highest BCUT2D eigenvalue weighted by Crippen LogP contribution is 2.34. The monoisotopic (exact) mass is 752 g/mol. The van der Waals surface area contributed by atoms with Crippen molar-refractivity contribution in [2.75, 3.05) is 36.0 Å². The predicted octanol–water partition coefficient (Wildman–Crippen LogP) is 7.68. The second kappa shape index (κ2) is 16.9. The number of piperidine rings is 2. The number of aryl methyl sites for hydroxylation is 2. The zero-order valence-electron chi connectivity index (χ0n) is 32.7. The maximum Gasteiger partial charge on any atom is 0.220 e. The largest absolute Gasteiger partial charge is 0.507 e. The number of phenolic OH excluding ortho intramolecular Hbond substituents is 2. The zero-order chi connectivity index (χ0) is 39.3. The Hall–Kier alpha value is -5.81. The number of para-hydroxylation sites is 2. The molecule has 5 N–H and O–H groups in total. The van der Waals surface area contributed by atoms with E-state index in [1.807, 2.05) is 31.2 Å². The molecule has 0 spiro atoms. The van der Waals surface area contributed by atoms with Gasteiger partial charge in [-0.3, -0.25) is 4.79 Å². The van der Waals surface area contributed by atoms with E-state index in [0.29, 0.717) is 35.1 Å². The molecule has 2 aliphatic heterocycles. The topological polar surface area (TPSA) is 154 Å². The summed E-state index contributed by atoms with van der Waals surface area (Å²) in [5, 5.41) is 25.8. The molecule has 6 aromatic rings. The van der Waals surface area contributed by atoms with Crippen LogP contribution in [0.4, 0.5) is 11.6 Å². The lowest BCUT2D eigenvalue weighted by Gasteiger charge is -2.34. The predicted molar refractivity (Wildman–Crippen MR) is 225 cm³/mol. The normalized spacial score (nSPS) is 15.2. The molecule has 0 saturated carbocycles. The number of carbonyl (C=O) groups is 1. The number of phenols is 2. The number of hydrogen-bond donors (Lipinski definition) is 4. The molecule has 2 aliphatic rings. The van der Waals surface area contributed by atoms with E-state index in [-0.39, 0.29) is 29.5 Å². The Kier molecular flexibility index (Phi) is 11.6. The Morgan fingerprint density at radius 1 is 0.696 bits per heavy atom. The summed E-state index contributed by atoms with van der Waals surface area (Å²) in [6, 6.07) is 27.3. The number of amides is 1. The van der Waals surface area contributed by atoms with Gasteiger partial charge in [-0.25, -0.2) is 19.9 Å². The molecule has 11 nitrogen and oxygen atoms in total. The molecule has 2 fully saturated rings. The molecule has 2 saturated heterocycles. The molecular weight excluding hydrogens is 701 g/mol. The third-order valence-electron chi connectivity index (χ3n) is 10.5. The minimum absolute atomic E-state index is 0.137. The summed E-state index contributed by atoms with van der Waals surface area (Å²) >= 11 is 0. The van der Waals surface area contributed by atoms with Crippen LogP contribution in [0, 0.1) is 19.8 Å². The summed E-state index contributed by atoms with van der Waals surface area (Å²) in [6.45, 7) is 11.6. The number of rotatable bonds is 7. The third kappa shape index (κ3) is 8.84. The van der Waals surface area contributed by atoms with Gasteiger partial charge in [-0.2, -0.15) is 0 Å². The fourth-order valence-electron chi connectivity index (χ4n) is 7.50. The zero-order valence-corrected chi connectivity index (χ0v) is 32.7. The molecule has 11 heteroatoms. The highest BCUT2D eigenvalue weighted by atomic mass is 16.3. The van der Waals surface area contributed by atoms with Crippen LogP contribution < -0.4 is 20.9 Å². The number of aromatic nitrogens is 4. The minimum Gasteiger partial charge on any atom is -0.507 e. The Balaban J connectivity index is 0.000000175. The summed E-state index contributed by atoms with van der Waals surface area (Å²) < 4.78 is 0. The lowest BCUT2D eigenvalue weighted by molar-refractivity contribution is -0.122. The highest BCUT2D eigenvalue weighted by Gasteiger charge is 2.25. The maximum absolute atomic E-state index is 12.1. The molecule has 1 amide bonds. The lowest BCUT2D eigenvalue weighted by Crippen LogP contribution is -2.45. The smallest absolute Gasteiger partial charge is 0.220 e. The minimum atomic E-state index is 0.137. The first kappa shape index (κ1) is 38.5. The van der Waals surface area contributed by atoms with Crippen LogP contribution in [0.25, 0.3) is 44.6 Å². The molecule has 0 aliphatic carbocycles. The van der Waals surface area contributed by atoms with Crippen LogP contribution in [-0.4, -0.2) is 74.3 Å². The number of nitrogens with one attached hydrogen (secondary N) is 1. The number of benzene rings is 4. The average Bonchev–Trinajstić information content (AvgIpc) is 3.18. The van der Waals surface area contributed by atoms with Crippen molar-refractivity contribution in [1.29, 1.82) is 0 Å². The first-order chi connectivity index (χ1) is 27.0. The van der Waals surface area contributed by atoms with Crippen molar-refractivity contribution < 1.29 is 15.0 Å². The average molecular weight is 753 g/mol. The summed E-state index contributed by atoms with van der Waals surface area (Å²) in [7, 11) is 0. The number of fused-ring (bicyclic) bond motifs is 2. The molecule has 0 radical (unpaired) electrons. The fraction of sp³-hybridized carbons (Fsp3) is 0.356. The van der Waals surface area contributed by atoms with Crippen molar-refractivity contribution in [3.63, 3.8) is 0 Å². The van der Waals surface area contributed by atoms with Crippen molar-refractivity contribution in [3.05, 3.63) is 96.1 Å². The summed E-state index contributed by atoms with van der Waals surface area (Å²) in [4.78, 5) is 35.9. The fourth-order valence-corrected chi connectivity index (χ4v) is 7.50. The van der Waals surface area contributed by atoms with Gasteiger partial charge in [0, 0.05) is 55.5 Å². The van der Waals surface area contributed by atoms with Crippen molar-refractivity contribution >= 4 is 39.3 Å². The summed E-state index contributed by atoms with van der Waals surface area (Å²) in [5.41, 5.74) is 11.4. The number of nitrogens with two attached hydrogens (primary N) is 1. The van der Waals surface area contributed by atoms with Crippen molar-refractivity contribution in [1.82, 2.24) is 25.3 Å². The van der Waals surface area contributed by atoms with E-state index in [1.54, 1.807) is 24.3 Å². The van der Waals surface area contributed by atoms with E-state index in [4.69, 9.17) is 25.7 Å². The van der Waals surface area contributed by atoms with Gasteiger partial charge in [-0.15, -0.1) is 0 Å². The van der Waals surface area contributed by atoms with Crippen LogP contribution in [0.3, 0.4) is 0 Å². The molecule has 290 valence electrons. The molecule has 2 aromatic heterocycles. The molecule has 8 rings (SSSR count). The van der Waals surface area contributed by atoms with E-state index in [0.717, 1.165) is 96.4 Å². The van der Waals surface area contributed by atoms with Crippen LogP contribution in [0.2, 0.25) is 0 Å². The van der Waals surface area contributed by atoms with Crippen LogP contribution in [0.15, 0.2) is 84.9 Å². The molecule has 4 heterocycles. The SMILES string of the molecule is Cc1ccc2c(N3CCC(N)CC3)nc(-c3ccccc3O)nc2c1.Cc1ccc2c(N3CCC(NC(=O)CC(C)C)CC3)nc(-c3ccccc3O)nc2c1. The van der Waals surface area contributed by atoms with Crippen LogP contribution in [0.5, 0.6) is 11.5 Å². The molecule has 4 aromatic carbocycles. The first-order valence-corrected chi connectivity index (χ1v) is 19.7. The van der Waals surface area contributed by atoms with E-state index < -0.39 is 0 Å². The summed E-state index contributed by atoms with van der Waals surface area (Å²) in [5.74, 6) is 3.76. The Bertz CT molecular complexity index is 2330. The van der Waals surface area contributed by atoms with Gasteiger partial charge in [0.1, 0.15) is 23.1 Å². The maximum atomic E-state index is 12.1. The van der Waals surface area contributed by atoms with Gasteiger partial charge in [-0.05, 0) is 105 Å². The van der Waals surface area contributed by atoms with Crippen LogP contribution in [0.1, 0.15) is 57.1 Å². The number of aromatic hydroxyl groups is 2. The number of carbonyl (C=O) groups excluding carboxylic acids is 1. The Labute approximate surface area is 328 Å². The number of anilines is 2. The molecular formula is C45H52N8O3. The standard InChI is InChI=1S/C25H30N4O2.C20H22N4O/c1-16(2)14-23(31)26-18-10-12-29(13-11-18)25-19-9-8-17(3)15-21(19)27-24(28-25)20-6-4-5-7-22(20)30;1-13-6-7-15-17(12-13)22-19(16-4-2-3-5-18(16)25)23-20(15)24-10-8-14(21)9-11-24/h4-9,15-16,18,30H,10-14H2,1-3H3,(H,26,31);2-7,12,14,25H,8-11,21H2,1H3. The van der Waals surface area contributed by atoms with Gasteiger partial charge in [0.15, 0.2) is 11.6 Å². The molecule has 0 atom stereocenters. The molecule has 56 heavy (non-hydrogen) atoms. The van der Waals surface area contributed by atoms with Crippen molar-refractivity contribution in [3.8, 4) is 34.3 Å². The quantitative estimate of drug-likeness (QED) is 0.128. The van der Waals surface area contributed by atoms with E-state index in [1.165, 1.54) is 0 Å².